The van der Waals surface area contributed by atoms with Crippen LogP contribution >= 0.6 is 0 Å². The number of benzene rings is 1. The maximum Gasteiger partial charge on any atom is 0.321 e. The van der Waals surface area contributed by atoms with Crippen molar-refractivity contribution in [3.8, 4) is 11.5 Å². The molecule has 0 radical (unpaired) electrons. The molecular weight excluding hydrogens is 334 g/mol. The molecule has 7 nitrogen and oxygen atoms in total. The van der Waals surface area contributed by atoms with Gasteiger partial charge in [0.1, 0.15) is 11.5 Å². The number of rotatable bonds is 7. The van der Waals surface area contributed by atoms with E-state index in [1.807, 2.05) is 32.0 Å². The van der Waals surface area contributed by atoms with Gasteiger partial charge in [0.15, 0.2) is 0 Å². The lowest BCUT2D eigenvalue weighted by Gasteiger charge is -2.26. The number of methoxy groups -OCH3 is 2. The number of nitrogens with one attached hydrogen (secondary N) is 2. The van der Waals surface area contributed by atoms with Gasteiger partial charge in [0.05, 0.1) is 20.8 Å². The van der Waals surface area contributed by atoms with Crippen molar-refractivity contribution < 1.29 is 19.1 Å². The van der Waals surface area contributed by atoms with E-state index in [2.05, 4.69) is 15.5 Å². The summed E-state index contributed by atoms with van der Waals surface area (Å²) in [5.74, 6) is 1.22. The van der Waals surface area contributed by atoms with Gasteiger partial charge in [0, 0.05) is 17.6 Å². The zero-order valence-corrected chi connectivity index (χ0v) is 16.0. The van der Waals surface area contributed by atoms with E-state index in [9.17, 15) is 9.59 Å². The molecule has 0 spiro atoms. The summed E-state index contributed by atoms with van der Waals surface area (Å²) in [6.07, 6.45) is 2.72. The van der Waals surface area contributed by atoms with Gasteiger partial charge in [-0.15, -0.1) is 0 Å². The molecule has 1 fully saturated rings. The Kier molecular flexibility index (Phi) is 7.26. The van der Waals surface area contributed by atoms with Gasteiger partial charge in [-0.05, 0) is 50.9 Å². The number of carbonyl (C=O) groups excluding carboxylic acids is 2. The molecule has 2 N–H and O–H groups in total. The fraction of sp³-hybridized carbons (Fsp3) is 0.579. The normalized spacial score (nSPS) is 18.2. The number of imide groups is 1. The van der Waals surface area contributed by atoms with E-state index in [1.54, 1.807) is 14.2 Å². The zero-order chi connectivity index (χ0) is 19.1. The van der Waals surface area contributed by atoms with E-state index in [-0.39, 0.29) is 24.5 Å². The molecule has 26 heavy (non-hydrogen) atoms. The fourth-order valence-electron chi connectivity index (χ4n) is 3.18. The van der Waals surface area contributed by atoms with E-state index in [4.69, 9.17) is 9.47 Å². The minimum atomic E-state index is -0.445. The van der Waals surface area contributed by atoms with Crippen molar-refractivity contribution in [2.75, 3.05) is 27.3 Å². The van der Waals surface area contributed by atoms with Gasteiger partial charge < -0.3 is 14.8 Å². The Morgan fingerprint density at radius 3 is 2.73 bits per heavy atom. The van der Waals surface area contributed by atoms with Gasteiger partial charge >= 0.3 is 6.03 Å². The Morgan fingerprint density at radius 2 is 2.08 bits per heavy atom. The van der Waals surface area contributed by atoms with Crippen LogP contribution in [0.3, 0.4) is 0 Å². The van der Waals surface area contributed by atoms with Crippen LogP contribution in [-0.2, 0) is 4.79 Å². The lowest BCUT2D eigenvalue weighted by molar-refractivity contribution is -0.121. The molecule has 0 aromatic heterocycles. The molecule has 2 atom stereocenters. The lowest BCUT2D eigenvalue weighted by Crippen LogP contribution is -2.46. The highest BCUT2D eigenvalue weighted by atomic mass is 16.5. The predicted octanol–water partition coefficient (Wildman–Crippen LogP) is 2.46. The highest BCUT2D eigenvalue weighted by molar-refractivity contribution is 5.95. The van der Waals surface area contributed by atoms with Crippen molar-refractivity contribution >= 4 is 11.9 Å². The maximum absolute atomic E-state index is 12.3. The van der Waals surface area contributed by atoms with Gasteiger partial charge in [0.25, 0.3) is 0 Å². The molecule has 2 rings (SSSR count). The Hall–Kier alpha value is -2.28. The standard InChI is InChI=1S/C19H29N3O4/c1-5-13(2)20-19(24)21-18(23)12-22-10-6-7-16(22)15-11-14(25-3)8-9-17(15)26-4/h8-9,11,13,16H,5-7,10,12H2,1-4H3,(H2,20,21,23,24)/t13-,16+/m0/s1. The second-order valence-electron chi connectivity index (χ2n) is 6.57. The SMILES string of the molecule is CC[C@H](C)NC(=O)NC(=O)CN1CCC[C@@H]1c1cc(OC)ccc1OC. The van der Waals surface area contributed by atoms with E-state index >= 15 is 0 Å². The first-order chi connectivity index (χ1) is 12.5. The van der Waals surface area contributed by atoms with Crippen molar-refractivity contribution in [3.63, 3.8) is 0 Å². The predicted molar refractivity (Wildman–Crippen MR) is 99.5 cm³/mol. The lowest BCUT2D eigenvalue weighted by atomic mass is 10.0. The first-order valence-electron chi connectivity index (χ1n) is 9.04. The summed E-state index contributed by atoms with van der Waals surface area (Å²) in [5, 5.41) is 5.14. The molecule has 0 saturated carbocycles. The molecule has 1 aromatic carbocycles. The van der Waals surface area contributed by atoms with Gasteiger partial charge in [-0.3, -0.25) is 15.0 Å². The number of hydrogen-bond donors (Lipinski definition) is 2. The molecule has 144 valence electrons. The number of carbonyl (C=O) groups is 2. The summed E-state index contributed by atoms with van der Waals surface area (Å²) < 4.78 is 10.8. The summed E-state index contributed by atoms with van der Waals surface area (Å²) in [7, 11) is 3.26. The summed E-state index contributed by atoms with van der Waals surface area (Å²) in [6.45, 7) is 4.84. The van der Waals surface area contributed by atoms with E-state index < -0.39 is 6.03 Å². The van der Waals surface area contributed by atoms with Crippen molar-refractivity contribution in [1.29, 1.82) is 0 Å². The van der Waals surface area contributed by atoms with Crippen LogP contribution in [0.2, 0.25) is 0 Å². The van der Waals surface area contributed by atoms with Crippen molar-refractivity contribution in [3.05, 3.63) is 23.8 Å². The number of nitrogens with zero attached hydrogens (tertiary/aromatic N) is 1. The van der Waals surface area contributed by atoms with Crippen LogP contribution in [0.5, 0.6) is 11.5 Å². The van der Waals surface area contributed by atoms with E-state index in [1.165, 1.54) is 0 Å². The summed E-state index contributed by atoms with van der Waals surface area (Å²) in [4.78, 5) is 26.2. The van der Waals surface area contributed by atoms with Crippen LogP contribution in [0.1, 0.15) is 44.7 Å². The van der Waals surface area contributed by atoms with Crippen LogP contribution in [0, 0.1) is 0 Å². The first-order valence-corrected chi connectivity index (χ1v) is 9.04. The molecule has 0 aliphatic carbocycles. The maximum atomic E-state index is 12.3. The molecule has 3 amide bonds. The quantitative estimate of drug-likeness (QED) is 0.778. The molecule has 1 aliphatic heterocycles. The third kappa shape index (κ3) is 5.11. The highest BCUT2D eigenvalue weighted by Gasteiger charge is 2.30. The largest absolute Gasteiger partial charge is 0.497 e. The molecule has 1 heterocycles. The summed E-state index contributed by atoms with van der Waals surface area (Å²) >= 11 is 0. The van der Waals surface area contributed by atoms with Crippen molar-refractivity contribution in [2.24, 2.45) is 0 Å². The van der Waals surface area contributed by atoms with Gasteiger partial charge in [0.2, 0.25) is 5.91 Å². The second kappa shape index (κ2) is 9.43. The topological polar surface area (TPSA) is 79.9 Å². The molecule has 7 heteroatoms. The van der Waals surface area contributed by atoms with Crippen LogP contribution in [0.4, 0.5) is 4.79 Å². The monoisotopic (exact) mass is 363 g/mol. The van der Waals surface area contributed by atoms with Crippen LogP contribution in [-0.4, -0.2) is 50.2 Å². The minimum absolute atomic E-state index is 0.0309. The zero-order valence-electron chi connectivity index (χ0n) is 16.0. The molecule has 0 bridgehead atoms. The Morgan fingerprint density at radius 1 is 1.31 bits per heavy atom. The molecule has 1 aromatic rings. The molecule has 1 saturated heterocycles. The van der Waals surface area contributed by atoms with Crippen molar-refractivity contribution in [1.82, 2.24) is 15.5 Å². The number of ether oxygens (including phenoxy) is 2. The number of hydrogen-bond acceptors (Lipinski definition) is 5. The Bertz CT molecular complexity index is 635. The average molecular weight is 363 g/mol. The Labute approximate surface area is 155 Å². The van der Waals surface area contributed by atoms with Gasteiger partial charge in [-0.25, -0.2) is 4.79 Å². The highest BCUT2D eigenvalue weighted by Crippen LogP contribution is 2.38. The average Bonchev–Trinajstić information content (AvgIpc) is 3.08. The van der Waals surface area contributed by atoms with Gasteiger partial charge in [-0.1, -0.05) is 6.92 Å². The third-order valence-electron chi connectivity index (χ3n) is 4.75. The third-order valence-corrected chi connectivity index (χ3v) is 4.75. The smallest absolute Gasteiger partial charge is 0.321 e. The van der Waals surface area contributed by atoms with E-state index in [0.717, 1.165) is 42.9 Å². The Balaban J connectivity index is 2.04. The fourth-order valence-corrected chi connectivity index (χ4v) is 3.18. The van der Waals surface area contributed by atoms with Crippen LogP contribution in [0.15, 0.2) is 18.2 Å². The number of likely N-dealkylation sites (tertiary alicyclic amines) is 1. The molecule has 1 aliphatic rings. The van der Waals surface area contributed by atoms with Crippen LogP contribution < -0.4 is 20.1 Å². The van der Waals surface area contributed by atoms with Crippen LogP contribution in [0.25, 0.3) is 0 Å². The van der Waals surface area contributed by atoms with E-state index in [0.29, 0.717) is 0 Å². The second-order valence-corrected chi connectivity index (χ2v) is 6.57. The summed E-state index contributed by atoms with van der Waals surface area (Å²) in [5.41, 5.74) is 1.00. The number of urea groups is 1. The summed E-state index contributed by atoms with van der Waals surface area (Å²) in [6, 6.07) is 5.33. The first kappa shape index (κ1) is 20.0. The minimum Gasteiger partial charge on any atom is -0.497 e. The molecule has 0 unspecified atom stereocenters. The molecular formula is C19H29N3O4. The van der Waals surface area contributed by atoms with Gasteiger partial charge in [-0.2, -0.15) is 0 Å². The van der Waals surface area contributed by atoms with Crippen molar-refractivity contribution in [2.45, 2.75) is 45.2 Å². The number of amides is 3.